The molecule has 0 saturated carbocycles. The largest absolute Gasteiger partial charge is 0.207 e. The minimum absolute atomic E-state index is 0.177. The van der Waals surface area contributed by atoms with Gasteiger partial charge < -0.3 is 0 Å². The van der Waals surface area contributed by atoms with Crippen molar-refractivity contribution in [1.29, 1.82) is 0 Å². The molecule has 0 aliphatic carbocycles. The number of rotatable bonds is 2. The Morgan fingerprint density at radius 3 is 1.89 bits per heavy atom. The molecule has 96 valence electrons. The molecule has 0 aromatic heterocycles. The molecule has 0 amide bonds. The van der Waals surface area contributed by atoms with Gasteiger partial charge in [-0.1, -0.05) is 48.5 Å². The van der Waals surface area contributed by atoms with Crippen LogP contribution in [-0.2, 0) is 0 Å². The summed E-state index contributed by atoms with van der Waals surface area (Å²) in [4.78, 5) is 0. The lowest BCUT2D eigenvalue weighted by atomic mass is 9.92. The highest BCUT2D eigenvalue weighted by Gasteiger charge is 2.15. The third-order valence-electron chi connectivity index (χ3n) is 3.90. The van der Waals surface area contributed by atoms with Gasteiger partial charge in [0.05, 0.1) is 0 Å². The van der Waals surface area contributed by atoms with E-state index in [9.17, 15) is 4.39 Å². The van der Waals surface area contributed by atoms with E-state index in [-0.39, 0.29) is 5.82 Å². The molecule has 2 heteroatoms. The second kappa shape index (κ2) is 5.70. The molecule has 0 spiro atoms. The van der Waals surface area contributed by atoms with Crippen molar-refractivity contribution in [3.8, 4) is 11.1 Å². The molecule has 1 aliphatic heterocycles. The summed E-state index contributed by atoms with van der Waals surface area (Å²) in [7, 11) is 1.17. The second-order valence-corrected chi connectivity index (χ2v) is 6.65. The van der Waals surface area contributed by atoms with Gasteiger partial charge in [0.1, 0.15) is 5.82 Å². The van der Waals surface area contributed by atoms with E-state index in [4.69, 9.17) is 0 Å². The molecule has 1 aliphatic rings. The van der Waals surface area contributed by atoms with Crippen LogP contribution in [0.25, 0.3) is 11.1 Å². The molecule has 1 saturated heterocycles. The van der Waals surface area contributed by atoms with Crippen molar-refractivity contribution >= 4 is 9.52 Å². The van der Waals surface area contributed by atoms with E-state index in [1.165, 1.54) is 57.7 Å². The van der Waals surface area contributed by atoms with Crippen LogP contribution in [0.15, 0.2) is 48.5 Å². The molecule has 2 aromatic carbocycles. The van der Waals surface area contributed by atoms with Crippen LogP contribution in [0.1, 0.15) is 24.3 Å². The van der Waals surface area contributed by atoms with Crippen LogP contribution in [0.5, 0.6) is 0 Å². The predicted octanol–water partition coefficient (Wildman–Crippen LogP) is 4.91. The standard InChI is InChI=1S/C17H17FSi/c18-17-7-5-15(6-8-17)13-1-3-14(4-2-13)16-9-11-19-12-10-16/h1-8,16H,9-12H2. The van der Waals surface area contributed by atoms with Crippen molar-refractivity contribution in [3.63, 3.8) is 0 Å². The molecule has 0 N–H and O–H groups in total. The smallest absolute Gasteiger partial charge is 0.123 e. The van der Waals surface area contributed by atoms with Crippen molar-refractivity contribution in [1.82, 2.24) is 0 Å². The Balaban J connectivity index is 1.80. The molecular formula is C17H17FSi. The highest BCUT2D eigenvalue weighted by atomic mass is 28.2. The van der Waals surface area contributed by atoms with Crippen molar-refractivity contribution in [2.75, 3.05) is 0 Å². The average molecular weight is 268 g/mol. The van der Waals surface area contributed by atoms with E-state index in [2.05, 4.69) is 24.3 Å². The maximum Gasteiger partial charge on any atom is 0.123 e. The normalized spacial score (nSPS) is 16.5. The Kier molecular flexibility index (Phi) is 3.78. The lowest BCUT2D eigenvalue weighted by Crippen LogP contribution is -2.08. The van der Waals surface area contributed by atoms with Crippen molar-refractivity contribution in [2.45, 2.75) is 30.8 Å². The zero-order chi connectivity index (χ0) is 13.1. The molecule has 0 nitrogen and oxygen atoms in total. The summed E-state index contributed by atoms with van der Waals surface area (Å²) in [6, 6.07) is 18.3. The number of hydrogen-bond donors (Lipinski definition) is 0. The molecule has 2 radical (unpaired) electrons. The maximum absolute atomic E-state index is 12.9. The summed E-state index contributed by atoms with van der Waals surface area (Å²) in [5.74, 6) is 0.576. The van der Waals surface area contributed by atoms with Crippen LogP contribution in [0.2, 0.25) is 12.1 Å². The van der Waals surface area contributed by atoms with Gasteiger partial charge in [-0.2, -0.15) is 0 Å². The molecule has 19 heavy (non-hydrogen) atoms. The average Bonchev–Trinajstić information content (AvgIpc) is 2.49. The SMILES string of the molecule is Fc1ccc(-c2ccc(C3CC[Si]CC3)cc2)cc1. The number of halogens is 1. The van der Waals surface area contributed by atoms with Gasteiger partial charge in [0, 0.05) is 9.52 Å². The fourth-order valence-electron chi connectivity index (χ4n) is 2.75. The first-order chi connectivity index (χ1) is 9.33. The molecule has 0 unspecified atom stereocenters. The van der Waals surface area contributed by atoms with Gasteiger partial charge in [-0.15, -0.1) is 0 Å². The van der Waals surface area contributed by atoms with Gasteiger partial charge >= 0.3 is 0 Å². The van der Waals surface area contributed by atoms with Gasteiger partial charge in [0.15, 0.2) is 0 Å². The number of hydrogen-bond acceptors (Lipinski definition) is 0. The summed E-state index contributed by atoms with van der Waals surface area (Å²) in [6.07, 6.45) is 2.68. The molecular weight excluding hydrogens is 251 g/mol. The lowest BCUT2D eigenvalue weighted by Gasteiger charge is -2.21. The van der Waals surface area contributed by atoms with Crippen LogP contribution < -0.4 is 0 Å². The van der Waals surface area contributed by atoms with Crippen LogP contribution in [0.4, 0.5) is 4.39 Å². The molecule has 2 aromatic rings. The monoisotopic (exact) mass is 268 g/mol. The zero-order valence-electron chi connectivity index (χ0n) is 10.9. The van der Waals surface area contributed by atoms with Crippen LogP contribution >= 0.6 is 0 Å². The summed E-state index contributed by atoms with van der Waals surface area (Å²) < 4.78 is 12.9. The van der Waals surface area contributed by atoms with Gasteiger partial charge in [-0.25, -0.2) is 4.39 Å². The van der Waals surface area contributed by atoms with E-state index < -0.39 is 0 Å². The fraction of sp³-hybridized carbons (Fsp3) is 0.294. The molecule has 0 atom stereocenters. The van der Waals surface area contributed by atoms with E-state index >= 15 is 0 Å². The van der Waals surface area contributed by atoms with Crippen LogP contribution in [-0.4, -0.2) is 9.52 Å². The summed E-state index contributed by atoms with van der Waals surface area (Å²) in [6.45, 7) is 0. The predicted molar refractivity (Wildman–Crippen MR) is 79.2 cm³/mol. The van der Waals surface area contributed by atoms with Gasteiger partial charge in [-0.3, -0.25) is 0 Å². The highest BCUT2D eigenvalue weighted by Crippen LogP contribution is 2.32. The van der Waals surface area contributed by atoms with Gasteiger partial charge in [0.25, 0.3) is 0 Å². The van der Waals surface area contributed by atoms with Crippen LogP contribution in [0.3, 0.4) is 0 Å². The highest BCUT2D eigenvalue weighted by molar-refractivity contribution is 6.35. The van der Waals surface area contributed by atoms with E-state index in [0.29, 0.717) is 0 Å². The molecule has 1 heterocycles. The third kappa shape index (κ3) is 2.95. The Hall–Kier alpha value is -1.41. The first-order valence-corrected chi connectivity index (χ1v) is 8.31. The Morgan fingerprint density at radius 2 is 1.32 bits per heavy atom. The van der Waals surface area contributed by atoms with Crippen molar-refractivity contribution in [2.24, 2.45) is 0 Å². The Bertz CT molecular complexity index is 524. The lowest BCUT2D eigenvalue weighted by molar-refractivity contribution is 0.615. The molecule has 1 fully saturated rings. The first-order valence-electron chi connectivity index (χ1n) is 6.89. The molecule has 3 rings (SSSR count). The van der Waals surface area contributed by atoms with E-state index in [0.717, 1.165) is 11.5 Å². The second-order valence-electron chi connectivity index (χ2n) is 5.15. The minimum Gasteiger partial charge on any atom is -0.207 e. The van der Waals surface area contributed by atoms with E-state index in [1.807, 2.05) is 12.1 Å². The fourth-order valence-corrected chi connectivity index (χ4v) is 4.10. The Morgan fingerprint density at radius 1 is 0.789 bits per heavy atom. The van der Waals surface area contributed by atoms with Crippen LogP contribution in [0, 0.1) is 5.82 Å². The summed E-state index contributed by atoms with van der Waals surface area (Å²) in [5, 5.41) is 0. The summed E-state index contributed by atoms with van der Waals surface area (Å²) >= 11 is 0. The minimum atomic E-state index is -0.177. The quantitative estimate of drug-likeness (QED) is 0.679. The topological polar surface area (TPSA) is 0 Å². The third-order valence-corrected chi connectivity index (χ3v) is 5.18. The maximum atomic E-state index is 12.9. The number of benzene rings is 2. The van der Waals surface area contributed by atoms with Crippen molar-refractivity contribution < 1.29 is 4.39 Å². The van der Waals surface area contributed by atoms with Gasteiger partial charge in [0.2, 0.25) is 0 Å². The van der Waals surface area contributed by atoms with E-state index in [1.54, 1.807) is 0 Å². The Labute approximate surface area is 116 Å². The van der Waals surface area contributed by atoms with Crippen molar-refractivity contribution in [3.05, 3.63) is 59.9 Å². The summed E-state index contributed by atoms with van der Waals surface area (Å²) in [5.41, 5.74) is 3.72. The molecule has 0 bridgehead atoms. The zero-order valence-corrected chi connectivity index (χ0v) is 11.9. The first kappa shape index (κ1) is 12.6. The van der Waals surface area contributed by atoms with Gasteiger partial charge in [-0.05, 0) is 47.6 Å².